The Bertz CT molecular complexity index is 326. The van der Waals surface area contributed by atoms with Crippen molar-refractivity contribution in [3.63, 3.8) is 0 Å². The first-order valence-electron chi connectivity index (χ1n) is 6.34. The van der Waals surface area contributed by atoms with Gasteiger partial charge in [-0.2, -0.15) is 0 Å². The zero-order valence-electron chi connectivity index (χ0n) is 11.1. The van der Waals surface area contributed by atoms with Crippen LogP contribution >= 0.6 is 0 Å². The molecule has 1 aromatic rings. The summed E-state index contributed by atoms with van der Waals surface area (Å²) in [4.78, 5) is 0. The van der Waals surface area contributed by atoms with Crippen LogP contribution in [-0.4, -0.2) is 19.2 Å². The van der Waals surface area contributed by atoms with Crippen molar-refractivity contribution in [3.05, 3.63) is 29.8 Å². The monoisotopic (exact) mass is 236 g/mol. The molecule has 0 saturated carbocycles. The van der Waals surface area contributed by atoms with Gasteiger partial charge >= 0.3 is 0 Å². The minimum absolute atomic E-state index is 0.201. The van der Waals surface area contributed by atoms with Gasteiger partial charge in [0.05, 0.1) is 6.10 Å². The van der Waals surface area contributed by atoms with Crippen molar-refractivity contribution in [2.45, 2.75) is 39.3 Å². The molecule has 0 spiro atoms. The Morgan fingerprint density at radius 3 is 2.59 bits per heavy atom. The smallest absolute Gasteiger partial charge is 0.124 e. The predicted octanol–water partition coefficient (Wildman–Crippen LogP) is 2.47. The summed E-state index contributed by atoms with van der Waals surface area (Å²) in [6.45, 7) is 7.91. The van der Waals surface area contributed by atoms with Crippen LogP contribution in [0.4, 0.5) is 0 Å². The number of para-hydroxylation sites is 1. The molecule has 1 atom stereocenters. The largest absolute Gasteiger partial charge is 0.491 e. The highest BCUT2D eigenvalue weighted by Crippen LogP contribution is 2.25. The molecule has 3 heteroatoms. The minimum Gasteiger partial charge on any atom is -0.491 e. The van der Waals surface area contributed by atoms with E-state index in [1.54, 1.807) is 0 Å². The van der Waals surface area contributed by atoms with Crippen LogP contribution < -0.4 is 15.8 Å². The average Bonchev–Trinajstić information content (AvgIpc) is 2.29. The Hall–Kier alpha value is -1.06. The van der Waals surface area contributed by atoms with E-state index in [9.17, 15) is 0 Å². The van der Waals surface area contributed by atoms with E-state index in [0.717, 1.165) is 25.3 Å². The third kappa shape index (κ3) is 4.75. The first kappa shape index (κ1) is 14.0. The highest BCUT2D eigenvalue weighted by atomic mass is 16.5. The molecule has 3 N–H and O–H groups in total. The molecule has 0 bridgehead atoms. The van der Waals surface area contributed by atoms with Crippen molar-refractivity contribution < 1.29 is 4.74 Å². The van der Waals surface area contributed by atoms with Gasteiger partial charge in [-0.05, 0) is 46.3 Å². The lowest BCUT2D eigenvalue weighted by Gasteiger charge is -2.19. The Kier molecular flexibility index (Phi) is 6.01. The van der Waals surface area contributed by atoms with Crippen LogP contribution in [0, 0.1) is 0 Å². The maximum atomic E-state index is 5.81. The molecule has 0 fully saturated rings. The molecule has 17 heavy (non-hydrogen) atoms. The molecule has 3 nitrogen and oxygen atoms in total. The number of hydrogen-bond acceptors (Lipinski definition) is 3. The van der Waals surface area contributed by atoms with Gasteiger partial charge in [0.15, 0.2) is 0 Å². The Balaban J connectivity index is 2.67. The van der Waals surface area contributed by atoms with Gasteiger partial charge in [0.1, 0.15) is 5.75 Å². The van der Waals surface area contributed by atoms with Crippen LogP contribution in [0.5, 0.6) is 5.75 Å². The normalized spacial score (nSPS) is 12.8. The molecule has 1 aromatic carbocycles. The summed E-state index contributed by atoms with van der Waals surface area (Å²) in [5.74, 6) is 0.968. The number of ether oxygens (including phenoxy) is 1. The number of hydrogen-bond donors (Lipinski definition) is 2. The van der Waals surface area contributed by atoms with Crippen molar-refractivity contribution in [1.29, 1.82) is 0 Å². The van der Waals surface area contributed by atoms with Crippen LogP contribution in [0.15, 0.2) is 24.3 Å². The fourth-order valence-electron chi connectivity index (χ4n) is 1.73. The SMILES string of the molecule is CC(C)Oc1ccccc1C(C)NCCCN. The van der Waals surface area contributed by atoms with Crippen molar-refractivity contribution in [2.24, 2.45) is 5.73 Å². The standard InChI is InChI=1S/C14H24N2O/c1-11(2)17-14-8-5-4-7-13(14)12(3)16-10-6-9-15/h4-5,7-8,11-12,16H,6,9-10,15H2,1-3H3. The molecule has 0 radical (unpaired) electrons. The summed E-state index contributed by atoms with van der Waals surface area (Å²) >= 11 is 0. The van der Waals surface area contributed by atoms with Crippen molar-refractivity contribution in [3.8, 4) is 5.75 Å². The van der Waals surface area contributed by atoms with Gasteiger partial charge in [-0.3, -0.25) is 0 Å². The quantitative estimate of drug-likeness (QED) is 0.715. The summed E-state index contributed by atoms with van der Waals surface area (Å²) in [6, 6.07) is 8.47. The van der Waals surface area contributed by atoms with Crippen molar-refractivity contribution in [2.75, 3.05) is 13.1 Å². The summed E-state index contributed by atoms with van der Waals surface area (Å²) in [6.07, 6.45) is 1.20. The van der Waals surface area contributed by atoms with Gasteiger partial charge in [0.25, 0.3) is 0 Å². The van der Waals surface area contributed by atoms with Gasteiger partial charge in [0, 0.05) is 11.6 Å². The Labute approximate surface area is 104 Å². The van der Waals surface area contributed by atoms with Crippen molar-refractivity contribution >= 4 is 0 Å². The van der Waals surface area contributed by atoms with Gasteiger partial charge in [-0.25, -0.2) is 0 Å². The summed E-state index contributed by atoms with van der Waals surface area (Å²) < 4.78 is 5.81. The molecule has 0 heterocycles. The summed E-state index contributed by atoms with van der Waals surface area (Å²) in [7, 11) is 0. The second-order valence-electron chi connectivity index (χ2n) is 4.52. The molecule has 0 aliphatic rings. The van der Waals surface area contributed by atoms with E-state index in [-0.39, 0.29) is 12.1 Å². The maximum Gasteiger partial charge on any atom is 0.124 e. The lowest BCUT2D eigenvalue weighted by molar-refractivity contribution is 0.238. The highest BCUT2D eigenvalue weighted by Gasteiger charge is 2.11. The van der Waals surface area contributed by atoms with Crippen molar-refractivity contribution in [1.82, 2.24) is 5.32 Å². The topological polar surface area (TPSA) is 47.3 Å². The molecule has 1 rings (SSSR count). The fourth-order valence-corrected chi connectivity index (χ4v) is 1.73. The van der Waals surface area contributed by atoms with Gasteiger partial charge in [0.2, 0.25) is 0 Å². The number of nitrogens with one attached hydrogen (secondary N) is 1. The molecule has 0 aliphatic heterocycles. The summed E-state index contributed by atoms with van der Waals surface area (Å²) in [5, 5.41) is 3.45. The molecule has 0 saturated heterocycles. The first-order valence-corrected chi connectivity index (χ1v) is 6.34. The van der Waals surface area contributed by atoms with Gasteiger partial charge in [-0.15, -0.1) is 0 Å². The molecular formula is C14H24N2O. The van der Waals surface area contributed by atoms with E-state index < -0.39 is 0 Å². The summed E-state index contributed by atoms with van der Waals surface area (Å²) in [5.41, 5.74) is 6.69. The zero-order valence-corrected chi connectivity index (χ0v) is 11.1. The zero-order chi connectivity index (χ0) is 12.7. The van der Waals surface area contributed by atoms with E-state index in [4.69, 9.17) is 10.5 Å². The highest BCUT2D eigenvalue weighted by molar-refractivity contribution is 5.35. The van der Waals surface area contributed by atoms with E-state index >= 15 is 0 Å². The maximum absolute atomic E-state index is 5.81. The first-order chi connectivity index (χ1) is 8.15. The van der Waals surface area contributed by atoms with E-state index in [0.29, 0.717) is 0 Å². The second-order valence-corrected chi connectivity index (χ2v) is 4.52. The second kappa shape index (κ2) is 7.30. The number of nitrogens with two attached hydrogens (primary N) is 1. The van der Waals surface area contributed by atoms with Crippen LogP contribution in [0.2, 0.25) is 0 Å². The van der Waals surface area contributed by atoms with Crippen LogP contribution in [0.1, 0.15) is 38.8 Å². The molecule has 0 aromatic heterocycles. The predicted molar refractivity (Wildman–Crippen MR) is 72.3 cm³/mol. The molecule has 1 unspecified atom stereocenters. The third-order valence-electron chi connectivity index (χ3n) is 2.58. The number of benzene rings is 1. The lowest BCUT2D eigenvalue weighted by Crippen LogP contribution is -2.22. The Morgan fingerprint density at radius 1 is 1.24 bits per heavy atom. The lowest BCUT2D eigenvalue weighted by atomic mass is 10.1. The molecular weight excluding hydrogens is 212 g/mol. The van der Waals surface area contributed by atoms with E-state index in [2.05, 4.69) is 18.3 Å². The Morgan fingerprint density at radius 2 is 1.94 bits per heavy atom. The molecule has 0 amide bonds. The third-order valence-corrected chi connectivity index (χ3v) is 2.58. The van der Waals surface area contributed by atoms with Gasteiger partial charge < -0.3 is 15.8 Å². The van der Waals surface area contributed by atoms with E-state index in [1.165, 1.54) is 5.56 Å². The van der Waals surface area contributed by atoms with Gasteiger partial charge in [-0.1, -0.05) is 18.2 Å². The number of rotatable bonds is 7. The van der Waals surface area contributed by atoms with Crippen LogP contribution in [-0.2, 0) is 0 Å². The van der Waals surface area contributed by atoms with E-state index in [1.807, 2.05) is 32.0 Å². The van der Waals surface area contributed by atoms with Crippen LogP contribution in [0.3, 0.4) is 0 Å². The van der Waals surface area contributed by atoms with Crippen LogP contribution in [0.25, 0.3) is 0 Å². The fraction of sp³-hybridized carbons (Fsp3) is 0.571. The minimum atomic E-state index is 0.201. The average molecular weight is 236 g/mol. The molecule has 0 aliphatic carbocycles. The molecule has 96 valence electrons.